The van der Waals surface area contributed by atoms with Crippen molar-refractivity contribution in [1.82, 2.24) is 5.32 Å². The third kappa shape index (κ3) is 12.0. The maximum atomic E-state index is 13.7. The van der Waals surface area contributed by atoms with Crippen molar-refractivity contribution in [3.05, 3.63) is 0 Å². The molecule has 0 rings (SSSR count). The third-order valence-corrected chi connectivity index (χ3v) is 5.49. The van der Waals surface area contributed by atoms with Crippen molar-refractivity contribution in [3.8, 4) is 0 Å². The number of carbonyl (C=O) groups is 3. The smallest absolute Gasteiger partial charge is 0.460 e. The van der Waals surface area contributed by atoms with E-state index in [2.05, 4.69) is 10.1 Å². The maximum absolute atomic E-state index is 13.7. The monoisotopic (exact) mass is 611 g/mol. The summed E-state index contributed by atoms with van der Waals surface area (Å²) in [4.78, 5) is 35.4. The highest BCUT2D eigenvalue weighted by Gasteiger charge is 2.81. The van der Waals surface area contributed by atoms with Crippen LogP contribution in [0.1, 0.15) is 38.5 Å². The molecule has 0 saturated heterocycles. The molecule has 0 heterocycles. The van der Waals surface area contributed by atoms with Crippen LogP contribution < -0.4 is 5.32 Å². The van der Waals surface area contributed by atoms with Crippen LogP contribution in [0.5, 0.6) is 0 Å². The van der Waals surface area contributed by atoms with Crippen LogP contribution in [-0.4, -0.2) is 111 Å². The van der Waals surface area contributed by atoms with E-state index in [9.17, 15) is 58.3 Å². The Bertz CT molecular complexity index is 824. The van der Waals surface area contributed by atoms with E-state index >= 15 is 0 Å². The van der Waals surface area contributed by atoms with Crippen LogP contribution in [0.25, 0.3) is 0 Å². The Balaban J connectivity index is 5.27. The summed E-state index contributed by atoms with van der Waals surface area (Å²) in [5.41, 5.74) is 0. The molecule has 0 radical (unpaired) electrons. The number of quaternary nitrogens is 1. The standard InChI is InChI=1S/C22H32F10N2O6/c1-34(2,14-16(35)36)10-9-33-15(13-17(37)39-11-6-4-3-5-8-23)18(38)40-12-7-19(24,25)20(26,27)21(28,29)22(30,31)32/h15,33H,3-14H2,1-2H3/p+1. The van der Waals surface area contributed by atoms with E-state index in [1.54, 1.807) is 0 Å². The predicted molar refractivity (Wildman–Crippen MR) is 118 cm³/mol. The first-order valence-corrected chi connectivity index (χ1v) is 12.0. The first-order chi connectivity index (χ1) is 18.1. The zero-order valence-electron chi connectivity index (χ0n) is 21.8. The number of rotatable bonds is 20. The van der Waals surface area contributed by atoms with Gasteiger partial charge in [-0.05, 0) is 19.3 Å². The number of ether oxygens (including phenoxy) is 2. The van der Waals surface area contributed by atoms with E-state index in [4.69, 9.17) is 9.84 Å². The van der Waals surface area contributed by atoms with Crippen LogP contribution >= 0.6 is 0 Å². The number of carbonyl (C=O) groups excluding carboxylic acids is 2. The number of likely N-dealkylation sites (N-methyl/N-ethyl adjacent to an activating group) is 1. The summed E-state index contributed by atoms with van der Waals surface area (Å²) >= 11 is 0. The zero-order chi connectivity index (χ0) is 31.4. The van der Waals surface area contributed by atoms with Crippen LogP contribution in [0.15, 0.2) is 0 Å². The quantitative estimate of drug-likeness (QED) is 0.0930. The van der Waals surface area contributed by atoms with Crippen LogP contribution in [0.3, 0.4) is 0 Å². The van der Waals surface area contributed by atoms with Crippen LogP contribution in [0.2, 0.25) is 0 Å². The van der Waals surface area contributed by atoms with E-state index in [-0.39, 0.29) is 30.7 Å². The molecule has 0 fully saturated rings. The molecular formula is C22H33F10N2O6+. The summed E-state index contributed by atoms with van der Waals surface area (Å²) in [6, 6.07) is -1.66. The average molecular weight is 611 g/mol. The number of unbranched alkanes of at least 4 members (excludes halogenated alkanes) is 3. The van der Waals surface area contributed by atoms with Gasteiger partial charge in [0.25, 0.3) is 0 Å². The Hall–Kier alpha value is -2.37. The molecule has 0 aromatic rings. The molecule has 18 heteroatoms. The van der Waals surface area contributed by atoms with E-state index in [0.29, 0.717) is 25.7 Å². The predicted octanol–water partition coefficient (Wildman–Crippen LogP) is 3.97. The van der Waals surface area contributed by atoms with Crippen molar-refractivity contribution < 1.29 is 77.4 Å². The van der Waals surface area contributed by atoms with Gasteiger partial charge < -0.3 is 19.1 Å². The lowest BCUT2D eigenvalue weighted by Gasteiger charge is -2.33. The Morgan fingerprint density at radius 1 is 0.850 bits per heavy atom. The van der Waals surface area contributed by atoms with Gasteiger partial charge in [0.1, 0.15) is 6.04 Å². The van der Waals surface area contributed by atoms with E-state index in [1.165, 1.54) is 14.1 Å². The molecule has 40 heavy (non-hydrogen) atoms. The number of carboxylic acids is 1. The summed E-state index contributed by atoms with van der Waals surface area (Å²) in [6.45, 7) is -2.83. The molecule has 0 aromatic carbocycles. The fraction of sp³-hybridized carbons (Fsp3) is 0.864. The van der Waals surface area contributed by atoms with Crippen LogP contribution in [-0.2, 0) is 23.9 Å². The van der Waals surface area contributed by atoms with Crippen molar-refractivity contribution in [3.63, 3.8) is 0 Å². The van der Waals surface area contributed by atoms with E-state index in [0.717, 1.165) is 0 Å². The maximum Gasteiger partial charge on any atom is 0.460 e. The van der Waals surface area contributed by atoms with Crippen molar-refractivity contribution in [2.45, 2.75) is 68.5 Å². The number of carboxylic acid groups (broad SMARTS) is 1. The Labute approximate surface area is 223 Å². The van der Waals surface area contributed by atoms with Gasteiger partial charge in [0, 0.05) is 6.54 Å². The lowest BCUT2D eigenvalue weighted by atomic mass is 10.0. The third-order valence-electron chi connectivity index (χ3n) is 5.49. The molecule has 0 bridgehead atoms. The Morgan fingerprint density at radius 2 is 1.43 bits per heavy atom. The minimum absolute atomic E-state index is 0.0382. The molecule has 236 valence electrons. The van der Waals surface area contributed by atoms with Gasteiger partial charge in [-0.3, -0.25) is 19.3 Å². The van der Waals surface area contributed by atoms with Gasteiger partial charge in [0.15, 0.2) is 6.54 Å². The molecule has 1 atom stereocenters. The molecule has 0 spiro atoms. The van der Waals surface area contributed by atoms with Gasteiger partial charge in [0.2, 0.25) is 0 Å². The van der Waals surface area contributed by atoms with Crippen molar-refractivity contribution in [1.29, 1.82) is 0 Å². The lowest BCUT2D eigenvalue weighted by Crippen LogP contribution is -2.61. The van der Waals surface area contributed by atoms with E-state index < -0.39 is 74.0 Å². The van der Waals surface area contributed by atoms with E-state index in [1.807, 2.05) is 0 Å². The fourth-order valence-corrected chi connectivity index (χ4v) is 3.13. The van der Waals surface area contributed by atoms with Crippen molar-refractivity contribution in [2.24, 2.45) is 0 Å². The molecule has 1 unspecified atom stereocenters. The Kier molecular flexibility index (Phi) is 14.7. The SMILES string of the molecule is C[N+](C)(CCNC(CC(=O)OCCCCCCF)C(=O)OCCC(F)(F)C(F)(F)C(F)(F)C(F)(F)F)CC(=O)O. The summed E-state index contributed by atoms with van der Waals surface area (Å²) in [5, 5.41) is 11.4. The van der Waals surface area contributed by atoms with Gasteiger partial charge in [-0.15, -0.1) is 0 Å². The van der Waals surface area contributed by atoms with Crippen molar-refractivity contribution >= 4 is 17.9 Å². The minimum atomic E-state index is -7.09. The molecule has 0 aliphatic heterocycles. The number of esters is 2. The first-order valence-electron chi connectivity index (χ1n) is 12.0. The van der Waals surface area contributed by atoms with Crippen molar-refractivity contribution in [2.75, 3.05) is 53.6 Å². The molecule has 0 aliphatic rings. The fourth-order valence-electron chi connectivity index (χ4n) is 3.13. The number of aliphatic carboxylic acids is 1. The molecule has 2 N–H and O–H groups in total. The van der Waals surface area contributed by atoms with Gasteiger partial charge in [-0.1, -0.05) is 6.42 Å². The topological polar surface area (TPSA) is 102 Å². The highest BCUT2D eigenvalue weighted by Crippen LogP contribution is 2.53. The number of nitrogens with one attached hydrogen (secondary N) is 1. The number of hydrogen-bond acceptors (Lipinski definition) is 6. The number of alkyl halides is 10. The van der Waals surface area contributed by atoms with Crippen LogP contribution in [0, 0.1) is 0 Å². The lowest BCUT2D eigenvalue weighted by molar-refractivity contribution is -0.881. The van der Waals surface area contributed by atoms with Gasteiger partial charge in [0.05, 0.1) is 53.4 Å². The summed E-state index contributed by atoms with van der Waals surface area (Å²) in [5.74, 6) is -23.6. The summed E-state index contributed by atoms with van der Waals surface area (Å²) < 4.78 is 138. The second kappa shape index (κ2) is 15.6. The molecule has 0 saturated carbocycles. The normalized spacial score (nSPS) is 14.1. The van der Waals surface area contributed by atoms with Crippen LogP contribution in [0.4, 0.5) is 43.9 Å². The first kappa shape index (κ1) is 37.6. The number of hydrogen-bond donors (Lipinski definition) is 2. The molecular weight excluding hydrogens is 578 g/mol. The van der Waals surface area contributed by atoms with Gasteiger partial charge >= 0.3 is 41.9 Å². The zero-order valence-corrected chi connectivity index (χ0v) is 21.8. The second-order valence-electron chi connectivity index (χ2n) is 9.51. The summed E-state index contributed by atoms with van der Waals surface area (Å²) in [6.07, 6.45) is -8.49. The Morgan fingerprint density at radius 3 is 1.95 bits per heavy atom. The second-order valence-corrected chi connectivity index (χ2v) is 9.51. The minimum Gasteiger partial charge on any atom is -0.477 e. The highest BCUT2D eigenvalue weighted by atomic mass is 19.4. The largest absolute Gasteiger partial charge is 0.477 e. The van der Waals surface area contributed by atoms with Gasteiger partial charge in [-0.2, -0.15) is 39.5 Å². The summed E-state index contributed by atoms with van der Waals surface area (Å²) in [7, 11) is 3.00. The number of halogens is 10. The average Bonchev–Trinajstić information content (AvgIpc) is 2.78. The molecule has 0 amide bonds. The number of nitrogens with zero attached hydrogens (tertiary/aromatic N) is 1. The highest BCUT2D eigenvalue weighted by molar-refractivity contribution is 5.82. The molecule has 0 aromatic heterocycles. The molecule has 0 aliphatic carbocycles. The molecule has 8 nitrogen and oxygen atoms in total. The van der Waals surface area contributed by atoms with Gasteiger partial charge in [-0.25, -0.2) is 4.79 Å².